The van der Waals surface area contributed by atoms with E-state index in [9.17, 15) is 5.11 Å². The van der Waals surface area contributed by atoms with Crippen LogP contribution in [-0.4, -0.2) is 11.2 Å². The third-order valence-corrected chi connectivity index (χ3v) is 3.32. The highest BCUT2D eigenvalue weighted by Gasteiger charge is 2.13. The molecule has 1 nitrogen and oxygen atoms in total. The molecule has 2 unspecified atom stereocenters. The molecule has 0 saturated heterocycles. The van der Waals surface area contributed by atoms with E-state index in [4.69, 9.17) is 0 Å². The molecule has 0 aromatic heterocycles. The van der Waals surface area contributed by atoms with Crippen molar-refractivity contribution in [2.75, 3.05) is 0 Å². The number of hydrogen-bond donors (Lipinski definition) is 1. The largest absolute Gasteiger partial charge is 0.393 e. The van der Waals surface area contributed by atoms with Crippen LogP contribution in [0.2, 0.25) is 0 Å². The summed E-state index contributed by atoms with van der Waals surface area (Å²) in [7, 11) is 0. The molecule has 1 N–H and O–H groups in total. The molecule has 0 radical (unpaired) electrons. The van der Waals surface area contributed by atoms with Gasteiger partial charge in [0.1, 0.15) is 0 Å². The first-order valence-corrected chi connectivity index (χ1v) is 5.99. The van der Waals surface area contributed by atoms with Gasteiger partial charge in [0.25, 0.3) is 0 Å². The Bertz CT molecular complexity index is 108. The van der Waals surface area contributed by atoms with Gasteiger partial charge in [0.05, 0.1) is 6.10 Å². The van der Waals surface area contributed by atoms with Crippen LogP contribution in [-0.2, 0) is 0 Å². The summed E-state index contributed by atoms with van der Waals surface area (Å²) in [6.07, 6.45) is 11.7. The summed E-state index contributed by atoms with van der Waals surface area (Å²) in [5, 5.41) is 9.79. The highest BCUT2D eigenvalue weighted by Crippen LogP contribution is 2.20. The Hall–Kier alpha value is -0.0400. The van der Waals surface area contributed by atoms with Crippen molar-refractivity contribution in [3.05, 3.63) is 0 Å². The van der Waals surface area contributed by atoms with Crippen molar-refractivity contribution in [2.24, 2.45) is 5.92 Å². The number of aliphatic hydroxyl groups is 1. The van der Waals surface area contributed by atoms with Gasteiger partial charge in [-0.25, -0.2) is 0 Å². The van der Waals surface area contributed by atoms with Gasteiger partial charge in [-0.05, 0) is 18.8 Å². The fraction of sp³-hybridized carbons (Fsp3) is 1.00. The van der Waals surface area contributed by atoms with E-state index in [0.29, 0.717) is 5.92 Å². The van der Waals surface area contributed by atoms with E-state index >= 15 is 0 Å². The van der Waals surface area contributed by atoms with Crippen LogP contribution in [0.5, 0.6) is 0 Å². The summed E-state index contributed by atoms with van der Waals surface area (Å²) < 4.78 is 0. The summed E-state index contributed by atoms with van der Waals surface area (Å²) in [4.78, 5) is 0. The van der Waals surface area contributed by atoms with Crippen LogP contribution in [0.1, 0.15) is 64.7 Å². The monoisotopic (exact) mass is 184 g/mol. The Kier molecular flexibility index (Phi) is 5.45. The molecule has 1 aliphatic rings. The second-order valence-corrected chi connectivity index (χ2v) is 4.60. The van der Waals surface area contributed by atoms with E-state index in [2.05, 4.69) is 6.92 Å². The predicted molar refractivity (Wildman–Crippen MR) is 56.7 cm³/mol. The second kappa shape index (κ2) is 6.42. The summed E-state index contributed by atoms with van der Waals surface area (Å²) in [5.41, 5.74) is 0. The van der Waals surface area contributed by atoms with Crippen molar-refractivity contribution in [1.82, 2.24) is 0 Å². The van der Waals surface area contributed by atoms with Crippen molar-refractivity contribution >= 4 is 0 Å². The summed E-state index contributed by atoms with van der Waals surface area (Å²) >= 11 is 0. The molecule has 1 aliphatic carbocycles. The highest BCUT2D eigenvalue weighted by atomic mass is 16.3. The molecule has 78 valence electrons. The molecule has 1 saturated carbocycles. The van der Waals surface area contributed by atoms with Gasteiger partial charge in [0.15, 0.2) is 0 Å². The summed E-state index contributed by atoms with van der Waals surface area (Å²) in [5.74, 6) is 0.526. The average molecular weight is 184 g/mol. The van der Waals surface area contributed by atoms with Crippen LogP contribution < -0.4 is 0 Å². The lowest BCUT2D eigenvalue weighted by Gasteiger charge is -2.17. The number of hydrogen-bond acceptors (Lipinski definition) is 1. The Morgan fingerprint density at radius 2 is 1.23 bits per heavy atom. The lowest BCUT2D eigenvalue weighted by atomic mass is 9.94. The molecule has 0 aromatic carbocycles. The molecule has 1 heteroatoms. The van der Waals surface area contributed by atoms with Gasteiger partial charge in [0, 0.05) is 0 Å². The second-order valence-electron chi connectivity index (χ2n) is 4.60. The molecule has 1 rings (SSSR count). The minimum absolute atomic E-state index is 0.0295. The standard InChI is InChI=1S/C12H24O/c1-11-9-7-5-3-2-4-6-8-10-12(11)13/h11-13H,2-10H2,1H3. The van der Waals surface area contributed by atoms with Crippen LogP contribution in [0.3, 0.4) is 0 Å². The van der Waals surface area contributed by atoms with Crippen LogP contribution in [0.15, 0.2) is 0 Å². The van der Waals surface area contributed by atoms with Gasteiger partial charge in [-0.1, -0.05) is 51.9 Å². The van der Waals surface area contributed by atoms with E-state index in [1.165, 1.54) is 51.4 Å². The van der Waals surface area contributed by atoms with E-state index in [-0.39, 0.29) is 6.10 Å². The first-order valence-electron chi connectivity index (χ1n) is 5.99. The Morgan fingerprint density at radius 3 is 1.85 bits per heavy atom. The lowest BCUT2D eigenvalue weighted by Crippen LogP contribution is -2.17. The molecular weight excluding hydrogens is 160 g/mol. The first kappa shape index (κ1) is 11.0. The summed E-state index contributed by atoms with van der Waals surface area (Å²) in [6, 6.07) is 0. The van der Waals surface area contributed by atoms with Crippen LogP contribution >= 0.6 is 0 Å². The molecule has 1 fully saturated rings. The van der Waals surface area contributed by atoms with Crippen molar-refractivity contribution in [2.45, 2.75) is 70.8 Å². The predicted octanol–water partition coefficient (Wildman–Crippen LogP) is 3.51. The molecule has 13 heavy (non-hydrogen) atoms. The molecule has 0 aliphatic heterocycles. The van der Waals surface area contributed by atoms with Crippen molar-refractivity contribution in [3.63, 3.8) is 0 Å². The van der Waals surface area contributed by atoms with Gasteiger partial charge in [-0.3, -0.25) is 0 Å². The number of rotatable bonds is 0. The quantitative estimate of drug-likeness (QED) is 0.611. The summed E-state index contributed by atoms with van der Waals surface area (Å²) in [6.45, 7) is 2.20. The maximum absolute atomic E-state index is 9.79. The average Bonchev–Trinajstić information content (AvgIpc) is 2.16. The molecule has 2 atom stereocenters. The molecule has 0 aromatic rings. The van der Waals surface area contributed by atoms with Gasteiger partial charge in [0.2, 0.25) is 0 Å². The normalized spacial score (nSPS) is 33.7. The SMILES string of the molecule is CC1CCCCCCCCCC1O. The molecule has 0 spiro atoms. The van der Waals surface area contributed by atoms with Crippen molar-refractivity contribution in [3.8, 4) is 0 Å². The minimum Gasteiger partial charge on any atom is -0.393 e. The van der Waals surface area contributed by atoms with Crippen LogP contribution in [0.4, 0.5) is 0 Å². The van der Waals surface area contributed by atoms with Crippen LogP contribution in [0.25, 0.3) is 0 Å². The number of aliphatic hydroxyl groups excluding tert-OH is 1. The molecular formula is C12H24O. The maximum Gasteiger partial charge on any atom is 0.0565 e. The van der Waals surface area contributed by atoms with Gasteiger partial charge in [-0.2, -0.15) is 0 Å². The van der Waals surface area contributed by atoms with Crippen molar-refractivity contribution in [1.29, 1.82) is 0 Å². The molecule has 0 heterocycles. The highest BCUT2D eigenvalue weighted by molar-refractivity contribution is 4.66. The topological polar surface area (TPSA) is 20.2 Å². The molecule has 0 bridgehead atoms. The fourth-order valence-electron chi connectivity index (χ4n) is 2.18. The van der Waals surface area contributed by atoms with Crippen LogP contribution in [0, 0.1) is 5.92 Å². The minimum atomic E-state index is -0.0295. The molecule has 0 amide bonds. The van der Waals surface area contributed by atoms with E-state index in [1.54, 1.807) is 0 Å². The van der Waals surface area contributed by atoms with Gasteiger partial charge >= 0.3 is 0 Å². The zero-order chi connectivity index (χ0) is 9.52. The van der Waals surface area contributed by atoms with E-state index in [1.807, 2.05) is 0 Å². The maximum atomic E-state index is 9.79. The Balaban J connectivity index is 2.26. The van der Waals surface area contributed by atoms with E-state index < -0.39 is 0 Å². The smallest absolute Gasteiger partial charge is 0.0565 e. The lowest BCUT2D eigenvalue weighted by molar-refractivity contribution is 0.0993. The van der Waals surface area contributed by atoms with Gasteiger partial charge < -0.3 is 5.11 Å². The third kappa shape index (κ3) is 4.66. The van der Waals surface area contributed by atoms with E-state index in [0.717, 1.165) is 6.42 Å². The Morgan fingerprint density at radius 1 is 0.769 bits per heavy atom. The zero-order valence-electron chi connectivity index (χ0n) is 8.97. The first-order chi connectivity index (χ1) is 6.30. The van der Waals surface area contributed by atoms with Gasteiger partial charge in [-0.15, -0.1) is 0 Å². The zero-order valence-corrected chi connectivity index (χ0v) is 8.97. The fourth-order valence-corrected chi connectivity index (χ4v) is 2.18. The third-order valence-electron chi connectivity index (χ3n) is 3.32. The van der Waals surface area contributed by atoms with Crippen molar-refractivity contribution < 1.29 is 5.11 Å². The Labute approximate surface area is 82.5 Å².